The number of carbonyl (C=O) groups excluding carboxylic acids is 2. The summed E-state index contributed by atoms with van der Waals surface area (Å²) in [6, 6.07) is 22.1. The first kappa shape index (κ1) is 22.7. The van der Waals surface area contributed by atoms with Crippen molar-refractivity contribution in [3.05, 3.63) is 89.5 Å². The molecule has 0 heterocycles. The zero-order valence-electron chi connectivity index (χ0n) is 17.6. The summed E-state index contributed by atoms with van der Waals surface area (Å²) in [5.41, 5.74) is 2.95. The Morgan fingerprint density at radius 1 is 1.03 bits per heavy atom. The Kier molecular flexibility index (Phi) is 7.37. The van der Waals surface area contributed by atoms with E-state index in [1.54, 1.807) is 72.8 Å². The molecule has 3 rings (SSSR count). The highest BCUT2D eigenvalue weighted by Gasteiger charge is 2.16. The Balaban J connectivity index is 1.62. The van der Waals surface area contributed by atoms with Crippen molar-refractivity contribution in [2.75, 3.05) is 16.7 Å². The highest BCUT2D eigenvalue weighted by molar-refractivity contribution is 7.82. The van der Waals surface area contributed by atoms with Crippen LogP contribution in [0.25, 0.3) is 0 Å². The summed E-state index contributed by atoms with van der Waals surface area (Å²) in [5.74, 6) is 0.183. The Morgan fingerprint density at radius 3 is 2.31 bits per heavy atom. The Labute approximate surface area is 192 Å². The highest BCUT2D eigenvalue weighted by atomic mass is 32.1. The molecular formula is C24H22N4O3S. The maximum absolute atomic E-state index is 12.6. The van der Waals surface area contributed by atoms with Gasteiger partial charge >= 0.3 is 6.03 Å². The topological polar surface area (TPSA) is 94.5 Å². The van der Waals surface area contributed by atoms with Crippen molar-refractivity contribution in [2.24, 2.45) is 0 Å². The van der Waals surface area contributed by atoms with Crippen LogP contribution >= 0.6 is 12.8 Å². The average Bonchev–Trinajstić information content (AvgIpc) is 2.83. The van der Waals surface area contributed by atoms with E-state index in [0.29, 0.717) is 28.3 Å². The van der Waals surface area contributed by atoms with Crippen molar-refractivity contribution in [3.8, 4) is 11.8 Å². The fourth-order valence-electron chi connectivity index (χ4n) is 3.01. The molecule has 8 heteroatoms. The minimum absolute atomic E-state index is 0.274. The summed E-state index contributed by atoms with van der Waals surface area (Å²) >= 11 is 4.29. The number of urea groups is 1. The van der Waals surface area contributed by atoms with Crippen LogP contribution in [-0.4, -0.2) is 19.0 Å². The van der Waals surface area contributed by atoms with Crippen molar-refractivity contribution in [3.63, 3.8) is 0 Å². The number of nitriles is 1. The Hall–Kier alpha value is -3.96. The largest absolute Gasteiger partial charge is 0.496 e. The second-order valence-electron chi connectivity index (χ2n) is 6.92. The first-order chi connectivity index (χ1) is 15.4. The maximum atomic E-state index is 12.6. The van der Waals surface area contributed by atoms with Gasteiger partial charge < -0.3 is 15.4 Å². The van der Waals surface area contributed by atoms with Crippen molar-refractivity contribution in [1.29, 1.82) is 5.26 Å². The molecule has 0 aliphatic heterocycles. The van der Waals surface area contributed by atoms with Crippen LogP contribution in [0.5, 0.6) is 5.75 Å². The third-order valence-electron chi connectivity index (χ3n) is 4.79. The Morgan fingerprint density at radius 2 is 1.69 bits per heavy atom. The molecule has 0 aromatic heterocycles. The lowest BCUT2D eigenvalue weighted by atomic mass is 10.1. The van der Waals surface area contributed by atoms with Crippen molar-refractivity contribution in [1.82, 2.24) is 5.32 Å². The molecule has 1 atom stereocenters. The number of thiol groups is 1. The van der Waals surface area contributed by atoms with Crippen LogP contribution in [0.1, 0.15) is 34.5 Å². The van der Waals surface area contributed by atoms with Gasteiger partial charge in [-0.1, -0.05) is 37.1 Å². The second kappa shape index (κ2) is 10.4. The number of hydrogen-bond acceptors (Lipinski definition) is 5. The van der Waals surface area contributed by atoms with E-state index in [-0.39, 0.29) is 11.9 Å². The highest BCUT2D eigenvalue weighted by Crippen LogP contribution is 2.23. The van der Waals surface area contributed by atoms with E-state index in [1.807, 2.05) is 6.92 Å². The monoisotopic (exact) mass is 446 g/mol. The van der Waals surface area contributed by atoms with Crippen molar-refractivity contribution >= 4 is 36.1 Å². The number of para-hydroxylation sites is 1. The van der Waals surface area contributed by atoms with E-state index < -0.39 is 6.03 Å². The van der Waals surface area contributed by atoms with Gasteiger partial charge in [0.05, 0.1) is 36.0 Å². The van der Waals surface area contributed by atoms with Gasteiger partial charge in [0.2, 0.25) is 0 Å². The molecular weight excluding hydrogens is 424 g/mol. The van der Waals surface area contributed by atoms with E-state index in [9.17, 15) is 9.59 Å². The number of nitrogens with one attached hydrogen (secondary N) is 2. The molecule has 0 aliphatic rings. The van der Waals surface area contributed by atoms with Gasteiger partial charge in [-0.3, -0.25) is 4.79 Å². The number of rotatable bonds is 6. The standard InChI is InChI=1S/C24H22N4O3S/c1-16(18-9-7-17(15-25)8-10-18)26-24(30)28(32)20-13-11-19(12-14-20)27-23(29)21-5-3-4-6-22(21)31-2/h3-14,16,32H,1-2H3,(H,26,30)(H,27,29). The van der Waals surface area contributed by atoms with E-state index in [0.717, 1.165) is 5.56 Å². The third-order valence-corrected chi connectivity index (χ3v) is 5.21. The number of carbonyl (C=O) groups is 2. The SMILES string of the molecule is COc1ccccc1C(=O)Nc1ccc(N(S)C(=O)NC(C)c2ccc(C#N)cc2)cc1. The fourth-order valence-corrected chi connectivity index (χ4v) is 3.20. The quantitative estimate of drug-likeness (QED) is 0.468. The summed E-state index contributed by atoms with van der Waals surface area (Å²) in [6.07, 6.45) is 0. The molecule has 32 heavy (non-hydrogen) atoms. The van der Waals surface area contributed by atoms with Crippen LogP contribution in [0.15, 0.2) is 72.8 Å². The van der Waals surface area contributed by atoms with Gasteiger partial charge in [0.1, 0.15) is 5.75 Å². The first-order valence-electron chi connectivity index (χ1n) is 9.77. The van der Waals surface area contributed by atoms with Crippen LogP contribution in [-0.2, 0) is 0 Å². The summed E-state index contributed by atoms with van der Waals surface area (Å²) in [4.78, 5) is 25.1. The lowest BCUT2D eigenvalue weighted by Crippen LogP contribution is -2.35. The number of benzene rings is 3. The molecule has 7 nitrogen and oxygen atoms in total. The fraction of sp³-hybridized carbons (Fsp3) is 0.125. The van der Waals surface area contributed by atoms with Gasteiger partial charge in [-0.2, -0.15) is 5.26 Å². The minimum Gasteiger partial charge on any atom is -0.496 e. The Bertz CT molecular complexity index is 1140. The lowest BCUT2D eigenvalue weighted by Gasteiger charge is -2.21. The molecule has 0 bridgehead atoms. The van der Waals surface area contributed by atoms with Gasteiger partial charge in [0, 0.05) is 5.69 Å². The molecule has 3 amide bonds. The van der Waals surface area contributed by atoms with Crippen LogP contribution < -0.4 is 19.7 Å². The number of methoxy groups -OCH3 is 1. The van der Waals surface area contributed by atoms with Crippen LogP contribution in [0, 0.1) is 11.3 Å². The van der Waals surface area contributed by atoms with Crippen molar-refractivity contribution < 1.29 is 14.3 Å². The maximum Gasteiger partial charge on any atom is 0.332 e. The van der Waals surface area contributed by atoms with E-state index >= 15 is 0 Å². The number of anilines is 2. The minimum atomic E-state index is -0.406. The summed E-state index contributed by atoms with van der Waals surface area (Å²) in [5, 5.41) is 14.6. The van der Waals surface area contributed by atoms with E-state index in [4.69, 9.17) is 10.00 Å². The molecule has 1 unspecified atom stereocenters. The first-order valence-corrected chi connectivity index (χ1v) is 10.2. The summed E-state index contributed by atoms with van der Waals surface area (Å²) in [6.45, 7) is 1.84. The molecule has 0 saturated carbocycles. The van der Waals surface area contributed by atoms with Crippen LogP contribution in [0.3, 0.4) is 0 Å². The predicted molar refractivity (Wildman–Crippen MR) is 127 cm³/mol. The third kappa shape index (κ3) is 5.39. The lowest BCUT2D eigenvalue weighted by molar-refractivity contribution is 0.102. The predicted octanol–water partition coefficient (Wildman–Crippen LogP) is 4.94. The van der Waals surface area contributed by atoms with Gasteiger partial charge in [-0.05, 0) is 61.0 Å². The number of hydrogen-bond donors (Lipinski definition) is 3. The van der Waals surface area contributed by atoms with Gasteiger partial charge in [0.25, 0.3) is 5.91 Å². The molecule has 0 aliphatic carbocycles. The number of nitrogens with zero attached hydrogens (tertiary/aromatic N) is 2. The van der Waals surface area contributed by atoms with Crippen LogP contribution in [0.2, 0.25) is 0 Å². The molecule has 3 aromatic carbocycles. The molecule has 3 aromatic rings. The van der Waals surface area contributed by atoms with Gasteiger partial charge in [-0.15, -0.1) is 0 Å². The van der Waals surface area contributed by atoms with Gasteiger partial charge in [0.15, 0.2) is 0 Å². The molecule has 0 fully saturated rings. The average molecular weight is 447 g/mol. The van der Waals surface area contributed by atoms with E-state index in [2.05, 4.69) is 29.5 Å². The normalized spacial score (nSPS) is 11.1. The van der Waals surface area contributed by atoms with E-state index in [1.165, 1.54) is 11.4 Å². The molecule has 2 N–H and O–H groups in total. The molecule has 162 valence electrons. The molecule has 0 saturated heterocycles. The summed E-state index contributed by atoms with van der Waals surface area (Å²) < 4.78 is 6.41. The summed E-state index contributed by atoms with van der Waals surface area (Å²) in [7, 11) is 1.51. The molecule has 0 spiro atoms. The number of amides is 3. The zero-order chi connectivity index (χ0) is 23.1. The smallest absolute Gasteiger partial charge is 0.332 e. The van der Waals surface area contributed by atoms with Gasteiger partial charge in [-0.25, -0.2) is 9.10 Å². The molecule has 0 radical (unpaired) electrons. The van der Waals surface area contributed by atoms with Crippen molar-refractivity contribution in [2.45, 2.75) is 13.0 Å². The van der Waals surface area contributed by atoms with Crippen LogP contribution in [0.4, 0.5) is 16.2 Å². The second-order valence-corrected chi connectivity index (χ2v) is 7.32. The number of ether oxygens (including phenoxy) is 1. The zero-order valence-corrected chi connectivity index (χ0v) is 18.5.